The monoisotopic (exact) mass is 343 g/mol. The number of carbonyl (C=O) groups excluding carboxylic acids is 1. The van der Waals surface area contributed by atoms with Gasteiger partial charge in [0.25, 0.3) is 0 Å². The van der Waals surface area contributed by atoms with Crippen LogP contribution in [0, 0.1) is 0 Å². The number of carbonyl (C=O) groups is 1. The molecule has 2 amide bonds. The Morgan fingerprint density at radius 2 is 2.04 bits per heavy atom. The minimum Gasteiger partial charge on any atom is -0.497 e. The lowest BCUT2D eigenvalue weighted by Crippen LogP contribution is -2.51. The molecule has 1 saturated heterocycles. The Morgan fingerprint density at radius 1 is 1.20 bits per heavy atom. The number of furan rings is 1. The minimum atomic E-state index is -0.0242. The van der Waals surface area contributed by atoms with Gasteiger partial charge in [0.15, 0.2) is 0 Å². The molecular formula is C19H25N3O3. The highest BCUT2D eigenvalue weighted by Crippen LogP contribution is 2.14. The normalized spacial score (nSPS) is 15.2. The number of methoxy groups -OCH3 is 1. The van der Waals surface area contributed by atoms with E-state index in [-0.39, 0.29) is 6.03 Å². The van der Waals surface area contributed by atoms with E-state index >= 15 is 0 Å². The van der Waals surface area contributed by atoms with Crippen molar-refractivity contribution in [2.75, 3.05) is 39.8 Å². The van der Waals surface area contributed by atoms with E-state index in [1.54, 1.807) is 13.4 Å². The van der Waals surface area contributed by atoms with E-state index in [9.17, 15) is 4.79 Å². The van der Waals surface area contributed by atoms with E-state index in [1.807, 2.05) is 29.2 Å². The summed E-state index contributed by atoms with van der Waals surface area (Å²) in [6.45, 7) is 4.73. The van der Waals surface area contributed by atoms with E-state index in [0.717, 1.165) is 50.7 Å². The van der Waals surface area contributed by atoms with Crippen LogP contribution in [0.1, 0.15) is 11.3 Å². The number of rotatable bonds is 6. The van der Waals surface area contributed by atoms with Crippen molar-refractivity contribution in [2.45, 2.75) is 13.0 Å². The summed E-state index contributed by atoms with van der Waals surface area (Å²) in [4.78, 5) is 16.5. The third-order valence-electron chi connectivity index (χ3n) is 4.50. The zero-order valence-electron chi connectivity index (χ0n) is 14.6. The molecule has 0 spiro atoms. The van der Waals surface area contributed by atoms with E-state index in [1.165, 1.54) is 5.56 Å². The highest BCUT2D eigenvalue weighted by Gasteiger charge is 2.20. The SMILES string of the molecule is COc1cccc(CCN2CCN(C(=O)NCc3ccco3)CC2)c1. The van der Waals surface area contributed by atoms with Crippen LogP contribution < -0.4 is 10.1 Å². The fourth-order valence-corrected chi connectivity index (χ4v) is 2.98. The van der Waals surface area contributed by atoms with E-state index in [0.29, 0.717) is 6.54 Å². The lowest BCUT2D eigenvalue weighted by Gasteiger charge is -2.34. The summed E-state index contributed by atoms with van der Waals surface area (Å²) in [7, 11) is 1.69. The number of urea groups is 1. The number of hydrogen-bond acceptors (Lipinski definition) is 4. The number of benzene rings is 1. The molecule has 25 heavy (non-hydrogen) atoms. The van der Waals surface area contributed by atoms with Crippen molar-refractivity contribution in [2.24, 2.45) is 0 Å². The van der Waals surface area contributed by atoms with Crippen LogP contribution in [-0.2, 0) is 13.0 Å². The predicted molar refractivity (Wildman–Crippen MR) is 95.7 cm³/mol. The first kappa shape index (κ1) is 17.4. The second kappa shape index (κ2) is 8.58. The van der Waals surface area contributed by atoms with Crippen LogP contribution in [0.5, 0.6) is 5.75 Å². The summed E-state index contributed by atoms with van der Waals surface area (Å²) in [6.07, 6.45) is 2.60. The number of hydrogen-bond donors (Lipinski definition) is 1. The van der Waals surface area contributed by atoms with Crippen molar-refractivity contribution in [1.82, 2.24) is 15.1 Å². The third-order valence-corrected chi connectivity index (χ3v) is 4.50. The third kappa shape index (κ3) is 5.00. The molecule has 0 unspecified atom stereocenters. The van der Waals surface area contributed by atoms with Gasteiger partial charge in [0.2, 0.25) is 0 Å². The fraction of sp³-hybridized carbons (Fsp3) is 0.421. The van der Waals surface area contributed by atoms with Crippen molar-refractivity contribution in [3.8, 4) is 5.75 Å². The van der Waals surface area contributed by atoms with E-state index < -0.39 is 0 Å². The summed E-state index contributed by atoms with van der Waals surface area (Å²) in [5.74, 6) is 1.67. The Kier molecular flexibility index (Phi) is 5.95. The van der Waals surface area contributed by atoms with Gasteiger partial charge in [-0.15, -0.1) is 0 Å². The van der Waals surface area contributed by atoms with Gasteiger partial charge in [0.05, 0.1) is 19.9 Å². The highest BCUT2D eigenvalue weighted by molar-refractivity contribution is 5.74. The standard InChI is InChI=1S/C19H25N3O3/c1-24-17-5-2-4-16(14-17)7-8-21-9-11-22(12-10-21)19(23)20-15-18-6-3-13-25-18/h2-6,13-14H,7-12,15H2,1H3,(H,20,23). The second-order valence-corrected chi connectivity index (χ2v) is 6.17. The van der Waals surface area contributed by atoms with Crippen LogP contribution in [-0.4, -0.2) is 55.7 Å². The van der Waals surface area contributed by atoms with Crippen LogP contribution >= 0.6 is 0 Å². The van der Waals surface area contributed by atoms with Gasteiger partial charge < -0.3 is 19.4 Å². The van der Waals surface area contributed by atoms with Crippen LogP contribution in [0.15, 0.2) is 47.1 Å². The number of ether oxygens (including phenoxy) is 1. The van der Waals surface area contributed by atoms with Crippen molar-refractivity contribution < 1.29 is 13.9 Å². The molecule has 0 saturated carbocycles. The van der Waals surface area contributed by atoms with Gasteiger partial charge in [-0.05, 0) is 36.2 Å². The molecule has 0 bridgehead atoms. The maximum absolute atomic E-state index is 12.2. The summed E-state index contributed by atoms with van der Waals surface area (Å²) >= 11 is 0. The van der Waals surface area contributed by atoms with Crippen molar-refractivity contribution in [1.29, 1.82) is 0 Å². The number of piperazine rings is 1. The molecule has 0 radical (unpaired) electrons. The molecule has 1 aliphatic rings. The molecule has 1 N–H and O–H groups in total. The van der Waals surface area contributed by atoms with Crippen LogP contribution in [0.2, 0.25) is 0 Å². The highest BCUT2D eigenvalue weighted by atomic mass is 16.5. The maximum atomic E-state index is 12.2. The summed E-state index contributed by atoms with van der Waals surface area (Å²) < 4.78 is 10.5. The van der Waals surface area contributed by atoms with Crippen LogP contribution in [0.25, 0.3) is 0 Å². The molecule has 0 aliphatic carbocycles. The predicted octanol–water partition coefficient (Wildman–Crippen LogP) is 2.36. The molecule has 1 aromatic heterocycles. The first-order valence-electron chi connectivity index (χ1n) is 8.65. The topological polar surface area (TPSA) is 58.0 Å². The molecule has 1 fully saturated rings. The van der Waals surface area contributed by atoms with Gasteiger partial charge >= 0.3 is 6.03 Å². The molecule has 0 atom stereocenters. The Balaban J connectivity index is 1.38. The molecule has 1 aliphatic heterocycles. The largest absolute Gasteiger partial charge is 0.497 e. The molecule has 134 valence electrons. The van der Waals surface area contributed by atoms with Crippen molar-refractivity contribution >= 4 is 6.03 Å². The first-order valence-corrected chi connectivity index (χ1v) is 8.65. The maximum Gasteiger partial charge on any atom is 0.317 e. The quantitative estimate of drug-likeness (QED) is 0.875. The van der Waals surface area contributed by atoms with E-state index in [4.69, 9.17) is 9.15 Å². The fourth-order valence-electron chi connectivity index (χ4n) is 2.98. The first-order chi connectivity index (χ1) is 12.2. The molecule has 2 aromatic rings. The van der Waals surface area contributed by atoms with Gasteiger partial charge in [-0.3, -0.25) is 4.90 Å². The lowest BCUT2D eigenvalue weighted by atomic mass is 10.1. The number of amides is 2. The summed E-state index contributed by atoms with van der Waals surface area (Å²) in [6, 6.07) is 11.8. The average Bonchev–Trinajstić information content (AvgIpc) is 3.18. The zero-order chi connectivity index (χ0) is 17.5. The molecule has 3 rings (SSSR count). The molecule has 6 heteroatoms. The number of nitrogens with zero attached hydrogens (tertiary/aromatic N) is 2. The van der Waals surface area contributed by atoms with Gasteiger partial charge in [-0.2, -0.15) is 0 Å². The minimum absolute atomic E-state index is 0.0242. The average molecular weight is 343 g/mol. The van der Waals surface area contributed by atoms with Crippen molar-refractivity contribution in [3.63, 3.8) is 0 Å². The van der Waals surface area contributed by atoms with Gasteiger partial charge in [0, 0.05) is 32.7 Å². The number of nitrogens with one attached hydrogen (secondary N) is 1. The van der Waals surface area contributed by atoms with Gasteiger partial charge in [0.1, 0.15) is 11.5 Å². The molecular weight excluding hydrogens is 318 g/mol. The van der Waals surface area contributed by atoms with Gasteiger partial charge in [-0.25, -0.2) is 4.79 Å². The van der Waals surface area contributed by atoms with E-state index in [2.05, 4.69) is 22.3 Å². The Labute approximate surface area is 148 Å². The second-order valence-electron chi connectivity index (χ2n) is 6.17. The smallest absolute Gasteiger partial charge is 0.317 e. The Morgan fingerprint density at radius 3 is 2.76 bits per heavy atom. The molecule has 2 heterocycles. The van der Waals surface area contributed by atoms with Crippen LogP contribution in [0.4, 0.5) is 4.79 Å². The van der Waals surface area contributed by atoms with Crippen LogP contribution in [0.3, 0.4) is 0 Å². The zero-order valence-corrected chi connectivity index (χ0v) is 14.6. The molecule has 1 aromatic carbocycles. The summed E-state index contributed by atoms with van der Waals surface area (Å²) in [5, 5.41) is 2.90. The lowest BCUT2D eigenvalue weighted by molar-refractivity contribution is 0.139. The Bertz CT molecular complexity index is 664. The Hall–Kier alpha value is -2.47. The molecule has 6 nitrogen and oxygen atoms in total. The van der Waals surface area contributed by atoms with Crippen molar-refractivity contribution in [3.05, 3.63) is 54.0 Å². The summed E-state index contributed by atoms with van der Waals surface area (Å²) in [5.41, 5.74) is 1.28. The van der Waals surface area contributed by atoms with Gasteiger partial charge in [-0.1, -0.05) is 12.1 Å².